The van der Waals surface area contributed by atoms with Crippen molar-refractivity contribution in [3.8, 4) is 0 Å². The number of hydrogen-bond donors (Lipinski definition) is 2. The molecule has 0 aliphatic carbocycles. The summed E-state index contributed by atoms with van der Waals surface area (Å²) in [5, 5.41) is 12.2. The number of rotatable bonds is 3. The van der Waals surface area contributed by atoms with Crippen LogP contribution >= 0.6 is 0 Å². The molecule has 2 N–H and O–H groups in total. The summed E-state index contributed by atoms with van der Waals surface area (Å²) in [4.78, 5) is 25.8. The number of carbonyl (C=O) groups excluding carboxylic acids is 1. The summed E-state index contributed by atoms with van der Waals surface area (Å²) >= 11 is 0. The monoisotopic (exact) mass is 244 g/mol. The van der Waals surface area contributed by atoms with Gasteiger partial charge < -0.3 is 10.4 Å². The SMILES string of the molecule is CC(=O)Nc1ccc2ccc(CC(=O)O)cc2n1. The first kappa shape index (κ1) is 12.0. The molecule has 0 saturated heterocycles. The molecule has 18 heavy (non-hydrogen) atoms. The topological polar surface area (TPSA) is 79.3 Å². The third-order valence-corrected chi connectivity index (χ3v) is 2.42. The zero-order chi connectivity index (χ0) is 13.1. The van der Waals surface area contributed by atoms with Gasteiger partial charge in [-0.1, -0.05) is 12.1 Å². The molecule has 0 saturated carbocycles. The summed E-state index contributed by atoms with van der Waals surface area (Å²) in [5.41, 5.74) is 1.35. The molecular formula is C13H12N2O3. The summed E-state index contributed by atoms with van der Waals surface area (Å²) in [6.45, 7) is 1.41. The van der Waals surface area contributed by atoms with Crippen LogP contribution in [0.3, 0.4) is 0 Å². The van der Waals surface area contributed by atoms with Gasteiger partial charge in [0.05, 0.1) is 11.9 Å². The van der Waals surface area contributed by atoms with Gasteiger partial charge in [0, 0.05) is 12.3 Å². The molecule has 1 aromatic heterocycles. The van der Waals surface area contributed by atoms with Crippen molar-refractivity contribution in [2.75, 3.05) is 5.32 Å². The minimum atomic E-state index is -0.882. The lowest BCUT2D eigenvalue weighted by molar-refractivity contribution is -0.136. The molecule has 0 aliphatic heterocycles. The number of carboxylic acid groups (broad SMARTS) is 1. The summed E-state index contributed by atoms with van der Waals surface area (Å²) in [7, 11) is 0. The summed E-state index contributed by atoms with van der Waals surface area (Å²) in [5.74, 6) is -0.613. The van der Waals surface area contributed by atoms with E-state index in [1.165, 1.54) is 6.92 Å². The molecule has 1 aromatic carbocycles. The number of nitrogens with zero attached hydrogens (tertiary/aromatic N) is 1. The standard InChI is InChI=1S/C13H12N2O3/c1-8(16)14-12-5-4-10-3-2-9(7-13(17)18)6-11(10)15-12/h2-6H,7H2,1H3,(H,17,18)(H,14,15,16). The Morgan fingerprint density at radius 2 is 2.00 bits per heavy atom. The van der Waals surface area contributed by atoms with E-state index in [0.717, 1.165) is 5.39 Å². The van der Waals surface area contributed by atoms with Crippen molar-refractivity contribution in [2.24, 2.45) is 0 Å². The van der Waals surface area contributed by atoms with Crippen LogP contribution in [0.2, 0.25) is 0 Å². The third kappa shape index (κ3) is 2.82. The van der Waals surface area contributed by atoms with Gasteiger partial charge in [0.15, 0.2) is 0 Å². The van der Waals surface area contributed by atoms with Gasteiger partial charge in [-0.25, -0.2) is 4.98 Å². The van der Waals surface area contributed by atoms with Crippen molar-refractivity contribution in [3.05, 3.63) is 35.9 Å². The molecule has 2 aromatic rings. The Morgan fingerprint density at radius 3 is 2.67 bits per heavy atom. The number of carboxylic acids is 1. The molecule has 0 atom stereocenters. The molecule has 5 heteroatoms. The van der Waals surface area contributed by atoms with E-state index in [1.807, 2.05) is 12.1 Å². The predicted molar refractivity (Wildman–Crippen MR) is 67.4 cm³/mol. The van der Waals surface area contributed by atoms with Gasteiger partial charge in [0.2, 0.25) is 5.91 Å². The van der Waals surface area contributed by atoms with Crippen molar-refractivity contribution >= 4 is 28.6 Å². The fraction of sp³-hybridized carbons (Fsp3) is 0.154. The second kappa shape index (κ2) is 4.83. The first-order chi connectivity index (χ1) is 8.54. The van der Waals surface area contributed by atoms with Gasteiger partial charge in [-0.15, -0.1) is 0 Å². The minimum Gasteiger partial charge on any atom is -0.481 e. The van der Waals surface area contributed by atoms with Crippen molar-refractivity contribution in [3.63, 3.8) is 0 Å². The molecule has 2 rings (SSSR count). The number of amides is 1. The van der Waals surface area contributed by atoms with Crippen LogP contribution in [0.1, 0.15) is 12.5 Å². The first-order valence-corrected chi connectivity index (χ1v) is 5.43. The maximum atomic E-state index is 10.9. The fourth-order valence-corrected chi connectivity index (χ4v) is 1.70. The Kier molecular flexibility index (Phi) is 3.23. The quantitative estimate of drug-likeness (QED) is 0.863. The molecular weight excluding hydrogens is 232 g/mol. The van der Waals surface area contributed by atoms with Gasteiger partial charge in [-0.05, 0) is 23.8 Å². The fourth-order valence-electron chi connectivity index (χ4n) is 1.70. The Balaban J connectivity index is 2.39. The lowest BCUT2D eigenvalue weighted by Gasteiger charge is -2.04. The van der Waals surface area contributed by atoms with Crippen LogP contribution in [0.15, 0.2) is 30.3 Å². The van der Waals surface area contributed by atoms with E-state index in [2.05, 4.69) is 10.3 Å². The molecule has 0 unspecified atom stereocenters. The average molecular weight is 244 g/mol. The molecule has 0 radical (unpaired) electrons. The van der Waals surface area contributed by atoms with Crippen LogP contribution in [-0.2, 0) is 16.0 Å². The van der Waals surface area contributed by atoms with E-state index in [1.54, 1.807) is 18.2 Å². The molecule has 0 aliphatic rings. The number of aliphatic carboxylic acids is 1. The van der Waals surface area contributed by atoms with Crippen LogP contribution in [0.4, 0.5) is 5.82 Å². The maximum Gasteiger partial charge on any atom is 0.307 e. The van der Waals surface area contributed by atoms with Crippen LogP contribution in [0.5, 0.6) is 0 Å². The highest BCUT2D eigenvalue weighted by Crippen LogP contribution is 2.17. The van der Waals surface area contributed by atoms with E-state index < -0.39 is 5.97 Å². The summed E-state index contributed by atoms with van der Waals surface area (Å²) < 4.78 is 0. The molecule has 1 amide bonds. The van der Waals surface area contributed by atoms with Crippen molar-refractivity contribution in [2.45, 2.75) is 13.3 Å². The van der Waals surface area contributed by atoms with Crippen molar-refractivity contribution in [1.29, 1.82) is 0 Å². The number of nitrogens with one attached hydrogen (secondary N) is 1. The molecule has 92 valence electrons. The Labute approximate surface area is 103 Å². The number of pyridine rings is 1. The zero-order valence-electron chi connectivity index (χ0n) is 9.80. The van der Waals surface area contributed by atoms with Crippen LogP contribution in [0, 0.1) is 0 Å². The minimum absolute atomic E-state index is 0.0397. The second-order valence-electron chi connectivity index (χ2n) is 3.98. The van der Waals surface area contributed by atoms with Crippen molar-refractivity contribution in [1.82, 2.24) is 4.98 Å². The van der Waals surface area contributed by atoms with E-state index in [9.17, 15) is 9.59 Å². The maximum absolute atomic E-state index is 10.9. The first-order valence-electron chi connectivity index (χ1n) is 5.43. The van der Waals surface area contributed by atoms with Crippen LogP contribution < -0.4 is 5.32 Å². The Morgan fingerprint density at radius 1 is 1.28 bits per heavy atom. The number of carbonyl (C=O) groups is 2. The Hall–Kier alpha value is -2.43. The van der Waals surface area contributed by atoms with E-state index >= 15 is 0 Å². The summed E-state index contributed by atoms with van der Waals surface area (Å²) in [6.07, 6.45) is -0.0397. The number of benzene rings is 1. The average Bonchev–Trinajstić information content (AvgIpc) is 2.26. The number of anilines is 1. The lowest BCUT2D eigenvalue weighted by atomic mass is 10.1. The second-order valence-corrected chi connectivity index (χ2v) is 3.98. The third-order valence-electron chi connectivity index (χ3n) is 2.42. The predicted octanol–water partition coefficient (Wildman–Crippen LogP) is 1.82. The highest BCUT2D eigenvalue weighted by Gasteiger charge is 2.04. The van der Waals surface area contributed by atoms with E-state index in [4.69, 9.17) is 5.11 Å². The van der Waals surface area contributed by atoms with Crippen LogP contribution in [0.25, 0.3) is 10.9 Å². The molecule has 1 heterocycles. The van der Waals surface area contributed by atoms with E-state index in [-0.39, 0.29) is 12.3 Å². The van der Waals surface area contributed by atoms with Crippen LogP contribution in [-0.4, -0.2) is 22.0 Å². The van der Waals surface area contributed by atoms with Gasteiger partial charge in [0.1, 0.15) is 5.82 Å². The van der Waals surface area contributed by atoms with Gasteiger partial charge in [0.25, 0.3) is 0 Å². The highest BCUT2D eigenvalue weighted by molar-refractivity contribution is 5.90. The number of hydrogen-bond acceptors (Lipinski definition) is 3. The van der Waals surface area contributed by atoms with Crippen molar-refractivity contribution < 1.29 is 14.7 Å². The normalized spacial score (nSPS) is 10.3. The largest absolute Gasteiger partial charge is 0.481 e. The van der Waals surface area contributed by atoms with Gasteiger partial charge in [-0.3, -0.25) is 9.59 Å². The lowest BCUT2D eigenvalue weighted by Crippen LogP contribution is -2.07. The van der Waals surface area contributed by atoms with Gasteiger partial charge >= 0.3 is 5.97 Å². The number of aromatic nitrogens is 1. The Bertz CT molecular complexity index is 572. The van der Waals surface area contributed by atoms with E-state index in [0.29, 0.717) is 16.9 Å². The smallest absolute Gasteiger partial charge is 0.307 e. The molecule has 5 nitrogen and oxygen atoms in total. The molecule has 0 bridgehead atoms. The molecule has 0 spiro atoms. The van der Waals surface area contributed by atoms with Gasteiger partial charge in [-0.2, -0.15) is 0 Å². The summed E-state index contributed by atoms with van der Waals surface area (Å²) in [6, 6.07) is 8.84. The highest BCUT2D eigenvalue weighted by atomic mass is 16.4. The zero-order valence-corrected chi connectivity index (χ0v) is 9.80. The number of fused-ring (bicyclic) bond motifs is 1. The molecule has 0 fully saturated rings.